The van der Waals surface area contributed by atoms with Gasteiger partial charge in [0.25, 0.3) is 0 Å². The predicted molar refractivity (Wildman–Crippen MR) is 57.9 cm³/mol. The number of rotatable bonds is 2. The van der Waals surface area contributed by atoms with Gasteiger partial charge in [-0.25, -0.2) is 9.38 Å². The van der Waals surface area contributed by atoms with Crippen LogP contribution in [0.2, 0.25) is 0 Å². The van der Waals surface area contributed by atoms with E-state index in [9.17, 15) is 4.39 Å². The Hall–Kier alpha value is -1.91. The number of hydrogen-bond acceptors (Lipinski definition) is 2. The third kappa shape index (κ3) is 1.96. The van der Waals surface area contributed by atoms with E-state index in [-0.39, 0.29) is 5.82 Å². The summed E-state index contributed by atoms with van der Waals surface area (Å²) in [5, 5.41) is 7.54. The normalized spacial score (nSPS) is 11.4. The molecule has 1 aromatic carbocycles. The molecule has 0 saturated carbocycles. The van der Waals surface area contributed by atoms with Crippen molar-refractivity contribution >= 4 is 23.1 Å². The molecule has 0 aliphatic carbocycles. The highest BCUT2D eigenvalue weighted by Gasteiger charge is 2.04. The SMILES string of the molecule is CN(C)C=Nc1n[nH]c2cc(F)ccc12. The Morgan fingerprint density at radius 2 is 2.27 bits per heavy atom. The lowest BCUT2D eigenvalue weighted by atomic mass is 10.2. The van der Waals surface area contributed by atoms with Crippen LogP contribution in [0.15, 0.2) is 23.2 Å². The molecule has 0 spiro atoms. The number of halogens is 1. The molecule has 0 radical (unpaired) electrons. The summed E-state index contributed by atoms with van der Waals surface area (Å²) in [6, 6.07) is 4.46. The van der Waals surface area contributed by atoms with Crippen molar-refractivity contribution in [3.05, 3.63) is 24.0 Å². The summed E-state index contributed by atoms with van der Waals surface area (Å²) in [5.74, 6) is 0.285. The zero-order valence-corrected chi connectivity index (χ0v) is 8.53. The lowest BCUT2D eigenvalue weighted by Gasteiger charge is -2.00. The molecule has 78 valence electrons. The summed E-state index contributed by atoms with van der Waals surface area (Å²) in [6.07, 6.45) is 1.65. The second-order valence-corrected chi connectivity index (χ2v) is 3.45. The number of H-pyrrole nitrogens is 1. The van der Waals surface area contributed by atoms with Crippen molar-refractivity contribution in [3.8, 4) is 0 Å². The maximum Gasteiger partial charge on any atom is 0.182 e. The number of aliphatic imine (C=N–C) groups is 1. The number of benzene rings is 1. The fraction of sp³-hybridized carbons (Fsp3) is 0.200. The molecule has 0 saturated heterocycles. The standard InChI is InChI=1S/C10H11FN4/c1-15(2)6-12-10-8-4-3-7(11)5-9(8)13-14-10/h3-6H,1-2H3,(H,13,14). The van der Waals surface area contributed by atoms with Gasteiger partial charge in [-0.15, -0.1) is 0 Å². The van der Waals surface area contributed by atoms with Crippen molar-refractivity contribution in [2.75, 3.05) is 14.1 Å². The van der Waals surface area contributed by atoms with Crippen LogP contribution in [0.1, 0.15) is 0 Å². The zero-order chi connectivity index (χ0) is 10.8. The van der Waals surface area contributed by atoms with Crippen molar-refractivity contribution in [2.45, 2.75) is 0 Å². The molecule has 4 nitrogen and oxygen atoms in total. The lowest BCUT2D eigenvalue weighted by molar-refractivity contribution is 0.629. The van der Waals surface area contributed by atoms with Gasteiger partial charge in [0, 0.05) is 19.5 Å². The van der Waals surface area contributed by atoms with Gasteiger partial charge in [-0.1, -0.05) is 0 Å². The van der Waals surface area contributed by atoms with E-state index in [1.165, 1.54) is 12.1 Å². The molecule has 0 amide bonds. The third-order valence-electron chi connectivity index (χ3n) is 1.92. The monoisotopic (exact) mass is 206 g/mol. The Labute approximate surface area is 86.4 Å². The first-order chi connectivity index (χ1) is 7.16. The van der Waals surface area contributed by atoms with Crippen LogP contribution >= 0.6 is 0 Å². The molecule has 0 aliphatic rings. The minimum atomic E-state index is -0.283. The van der Waals surface area contributed by atoms with Gasteiger partial charge < -0.3 is 4.90 Å². The summed E-state index contributed by atoms with van der Waals surface area (Å²) in [4.78, 5) is 5.97. The molecular weight excluding hydrogens is 195 g/mol. The predicted octanol–water partition coefficient (Wildman–Crippen LogP) is 1.92. The van der Waals surface area contributed by atoms with Crippen LogP contribution in [0.5, 0.6) is 0 Å². The van der Waals surface area contributed by atoms with Crippen LogP contribution in [0.3, 0.4) is 0 Å². The Kier molecular flexibility index (Phi) is 2.37. The molecule has 1 aromatic heterocycles. The van der Waals surface area contributed by atoms with Crippen LogP contribution < -0.4 is 0 Å². The van der Waals surface area contributed by atoms with Crippen molar-refractivity contribution in [1.82, 2.24) is 15.1 Å². The summed E-state index contributed by atoms with van der Waals surface area (Å²) in [7, 11) is 3.75. The molecular formula is C10H11FN4. The molecule has 0 fully saturated rings. The van der Waals surface area contributed by atoms with Gasteiger partial charge in [-0.2, -0.15) is 5.10 Å². The van der Waals surface area contributed by atoms with E-state index in [4.69, 9.17) is 0 Å². The van der Waals surface area contributed by atoms with Crippen LogP contribution in [-0.2, 0) is 0 Å². The highest BCUT2D eigenvalue weighted by Crippen LogP contribution is 2.22. The van der Waals surface area contributed by atoms with Crippen molar-refractivity contribution in [3.63, 3.8) is 0 Å². The molecule has 5 heteroatoms. The molecule has 1 N–H and O–H groups in total. The Bertz CT molecular complexity index is 501. The fourth-order valence-electron chi connectivity index (χ4n) is 1.25. The quantitative estimate of drug-likeness (QED) is 0.602. The second kappa shape index (κ2) is 3.68. The molecule has 0 unspecified atom stereocenters. The van der Waals surface area contributed by atoms with Gasteiger partial charge in [0.05, 0.1) is 11.9 Å². The maximum atomic E-state index is 12.9. The minimum absolute atomic E-state index is 0.283. The highest BCUT2D eigenvalue weighted by molar-refractivity contribution is 5.89. The van der Waals surface area contributed by atoms with Gasteiger partial charge in [-0.3, -0.25) is 5.10 Å². The molecule has 15 heavy (non-hydrogen) atoms. The van der Waals surface area contributed by atoms with Crippen LogP contribution in [-0.4, -0.2) is 35.5 Å². The Morgan fingerprint density at radius 3 is 3.00 bits per heavy atom. The third-order valence-corrected chi connectivity index (χ3v) is 1.92. The van der Waals surface area contributed by atoms with Crippen LogP contribution in [0, 0.1) is 5.82 Å². The lowest BCUT2D eigenvalue weighted by Crippen LogP contribution is -2.06. The van der Waals surface area contributed by atoms with Crippen molar-refractivity contribution in [2.24, 2.45) is 4.99 Å². The van der Waals surface area contributed by atoms with E-state index in [0.29, 0.717) is 11.3 Å². The highest BCUT2D eigenvalue weighted by atomic mass is 19.1. The summed E-state index contributed by atoms with van der Waals surface area (Å²) in [5.41, 5.74) is 0.654. The molecule has 0 aliphatic heterocycles. The topological polar surface area (TPSA) is 44.3 Å². The molecule has 1 heterocycles. The van der Waals surface area contributed by atoms with Crippen molar-refractivity contribution in [1.29, 1.82) is 0 Å². The van der Waals surface area contributed by atoms with E-state index >= 15 is 0 Å². The molecule has 0 atom stereocenters. The minimum Gasteiger partial charge on any atom is -0.369 e. The average Bonchev–Trinajstić information content (AvgIpc) is 2.57. The summed E-state index contributed by atoms with van der Waals surface area (Å²) >= 11 is 0. The molecule has 2 rings (SSSR count). The number of nitrogens with one attached hydrogen (secondary N) is 1. The van der Waals surface area contributed by atoms with Gasteiger partial charge in [0.2, 0.25) is 0 Å². The number of hydrogen-bond donors (Lipinski definition) is 1. The van der Waals surface area contributed by atoms with E-state index in [1.54, 1.807) is 12.4 Å². The first-order valence-corrected chi connectivity index (χ1v) is 4.51. The molecule has 0 bridgehead atoms. The number of aromatic nitrogens is 2. The van der Waals surface area contributed by atoms with Gasteiger partial charge in [0.15, 0.2) is 5.82 Å². The van der Waals surface area contributed by atoms with E-state index in [0.717, 1.165) is 5.39 Å². The van der Waals surface area contributed by atoms with Gasteiger partial charge in [0.1, 0.15) is 5.82 Å². The number of nitrogens with zero attached hydrogens (tertiary/aromatic N) is 3. The largest absolute Gasteiger partial charge is 0.369 e. The Balaban J connectivity index is 2.45. The first-order valence-electron chi connectivity index (χ1n) is 4.51. The van der Waals surface area contributed by atoms with E-state index in [2.05, 4.69) is 15.2 Å². The smallest absolute Gasteiger partial charge is 0.182 e. The number of aromatic amines is 1. The first kappa shape index (κ1) is 9.64. The Morgan fingerprint density at radius 1 is 1.47 bits per heavy atom. The second-order valence-electron chi connectivity index (χ2n) is 3.45. The zero-order valence-electron chi connectivity index (χ0n) is 8.53. The molecule has 2 aromatic rings. The number of fused-ring (bicyclic) bond motifs is 1. The van der Waals surface area contributed by atoms with E-state index in [1.807, 2.05) is 19.0 Å². The summed E-state index contributed by atoms with van der Waals surface area (Å²) < 4.78 is 12.9. The van der Waals surface area contributed by atoms with E-state index < -0.39 is 0 Å². The van der Waals surface area contributed by atoms with Crippen LogP contribution in [0.25, 0.3) is 10.9 Å². The maximum absolute atomic E-state index is 12.9. The van der Waals surface area contributed by atoms with Crippen LogP contribution in [0.4, 0.5) is 10.2 Å². The van der Waals surface area contributed by atoms with Gasteiger partial charge in [-0.05, 0) is 18.2 Å². The average molecular weight is 206 g/mol. The summed E-state index contributed by atoms with van der Waals surface area (Å²) in [6.45, 7) is 0. The van der Waals surface area contributed by atoms with Gasteiger partial charge >= 0.3 is 0 Å². The fourth-order valence-corrected chi connectivity index (χ4v) is 1.25. The van der Waals surface area contributed by atoms with Crippen molar-refractivity contribution < 1.29 is 4.39 Å².